The Kier molecular flexibility index (Phi) is 12.1. The molecule has 0 aliphatic carbocycles. The average Bonchev–Trinajstić information content (AvgIpc) is 3.09. The Morgan fingerprint density at radius 2 is 1.29 bits per heavy atom. The summed E-state index contributed by atoms with van der Waals surface area (Å²) in [6.07, 6.45) is -8.54. The number of nitrogens with two attached hydrogens (primary N) is 1. The molecule has 1 aromatic heterocycles. The molecular formula is C34H26F6N4O7. The third-order valence-corrected chi connectivity index (χ3v) is 6.94. The number of carbonyl (C=O) groups excluding carboxylic acids is 2. The lowest BCUT2D eigenvalue weighted by Crippen LogP contribution is -2.21. The zero-order chi connectivity index (χ0) is 38.3. The molecule has 0 unspecified atom stereocenters. The van der Waals surface area contributed by atoms with Crippen LogP contribution in [0, 0.1) is 0 Å². The number of aromatic nitrogens is 2. The summed E-state index contributed by atoms with van der Waals surface area (Å²) in [7, 11) is 2.83. The molecule has 0 saturated carbocycles. The van der Waals surface area contributed by atoms with Gasteiger partial charge in [-0.2, -0.15) is 26.3 Å². The van der Waals surface area contributed by atoms with E-state index < -0.39 is 46.9 Å². The summed E-state index contributed by atoms with van der Waals surface area (Å²) >= 11 is 0. The molecule has 0 fully saturated rings. The molecule has 0 spiro atoms. The number of carboxylic acid groups (broad SMARTS) is 2. The zero-order valence-electron chi connectivity index (χ0n) is 26.3. The Balaban J connectivity index is 0.000000229. The van der Waals surface area contributed by atoms with Crippen LogP contribution in [-0.4, -0.2) is 50.9 Å². The molecule has 11 nitrogen and oxygen atoms in total. The van der Waals surface area contributed by atoms with Crippen LogP contribution < -0.4 is 16.6 Å². The molecule has 5 N–H and O–H groups in total. The van der Waals surface area contributed by atoms with E-state index in [1.165, 1.54) is 74.8 Å². The Morgan fingerprint density at radius 3 is 1.84 bits per heavy atom. The number of hydrogen-bond donors (Lipinski definition) is 4. The molecular weight excluding hydrogens is 690 g/mol. The lowest BCUT2D eigenvalue weighted by atomic mass is 10.1. The maximum atomic E-state index is 12.9. The molecule has 0 atom stereocenters. The van der Waals surface area contributed by atoms with Crippen molar-refractivity contribution in [3.05, 3.63) is 129 Å². The monoisotopic (exact) mass is 716 g/mol. The number of rotatable bonds is 5. The Hall–Kier alpha value is -6.52. The van der Waals surface area contributed by atoms with E-state index >= 15 is 0 Å². The highest BCUT2D eigenvalue weighted by Gasteiger charge is 2.31. The number of carbonyl (C=O) groups is 4. The van der Waals surface area contributed by atoms with Crippen LogP contribution in [0.25, 0.3) is 22.3 Å². The van der Waals surface area contributed by atoms with Crippen molar-refractivity contribution in [1.29, 1.82) is 0 Å². The van der Waals surface area contributed by atoms with Gasteiger partial charge in [0, 0.05) is 25.2 Å². The number of halogens is 6. The fourth-order valence-electron chi connectivity index (χ4n) is 4.43. The predicted octanol–water partition coefficient (Wildman–Crippen LogP) is 6.16. The van der Waals surface area contributed by atoms with Gasteiger partial charge in [0.2, 0.25) is 0 Å². The number of nitrogens with zero attached hydrogens (tertiary/aromatic N) is 2. The number of para-hydroxylation sites is 2. The van der Waals surface area contributed by atoms with Gasteiger partial charge >= 0.3 is 24.3 Å². The Labute approximate surface area is 283 Å². The van der Waals surface area contributed by atoms with E-state index in [-0.39, 0.29) is 50.2 Å². The number of carboxylic acids is 2. The second-order valence-electron chi connectivity index (χ2n) is 10.3. The quantitative estimate of drug-likeness (QED) is 0.0941. The molecule has 51 heavy (non-hydrogen) atoms. The molecule has 1 heterocycles. The highest BCUT2D eigenvalue weighted by atomic mass is 19.4. The summed E-state index contributed by atoms with van der Waals surface area (Å²) in [5, 5.41) is 20.4. The van der Waals surface area contributed by atoms with E-state index in [1.54, 1.807) is 0 Å². The molecule has 1 amide bonds. The number of fused-ring (bicyclic) bond motifs is 1. The first-order valence-electron chi connectivity index (χ1n) is 14.2. The van der Waals surface area contributed by atoms with Crippen LogP contribution in [0.15, 0.2) is 89.7 Å². The van der Waals surface area contributed by atoms with Gasteiger partial charge in [0.05, 0.1) is 44.4 Å². The van der Waals surface area contributed by atoms with Crippen molar-refractivity contribution in [3.63, 3.8) is 0 Å². The maximum Gasteiger partial charge on any atom is 0.416 e. The molecule has 0 bridgehead atoms. The molecule has 266 valence electrons. The van der Waals surface area contributed by atoms with Crippen LogP contribution in [0.4, 0.5) is 32.0 Å². The number of aldehydes is 1. The van der Waals surface area contributed by atoms with Crippen molar-refractivity contribution in [2.45, 2.75) is 12.4 Å². The molecule has 0 aliphatic rings. The molecule has 0 radical (unpaired) electrons. The van der Waals surface area contributed by atoms with E-state index in [0.29, 0.717) is 6.29 Å². The summed E-state index contributed by atoms with van der Waals surface area (Å²) < 4.78 is 75.8. The Morgan fingerprint density at radius 1 is 0.784 bits per heavy atom. The number of alkyl halides is 6. The second-order valence-corrected chi connectivity index (χ2v) is 10.3. The van der Waals surface area contributed by atoms with Crippen LogP contribution >= 0.6 is 0 Å². The van der Waals surface area contributed by atoms with Gasteiger partial charge in [-0.3, -0.25) is 19.0 Å². The molecule has 17 heteroatoms. The van der Waals surface area contributed by atoms with Crippen molar-refractivity contribution >= 4 is 40.7 Å². The normalized spacial score (nSPS) is 11.0. The van der Waals surface area contributed by atoms with Crippen molar-refractivity contribution in [3.8, 4) is 11.4 Å². The minimum absolute atomic E-state index is 0.0145. The molecule has 0 saturated heterocycles. The van der Waals surface area contributed by atoms with Gasteiger partial charge in [-0.15, -0.1) is 0 Å². The highest BCUT2D eigenvalue weighted by Crippen LogP contribution is 2.32. The summed E-state index contributed by atoms with van der Waals surface area (Å²) in [5.41, 5.74) is 3.23. The molecule has 5 rings (SSSR count). The van der Waals surface area contributed by atoms with E-state index in [4.69, 9.17) is 10.8 Å². The first-order chi connectivity index (χ1) is 23.8. The number of nitrogens with one attached hydrogen (secondary N) is 1. The van der Waals surface area contributed by atoms with Gasteiger partial charge in [-0.1, -0.05) is 36.4 Å². The number of anilines is 1. The highest BCUT2D eigenvalue weighted by molar-refractivity contribution is 6.05. The molecule has 4 aromatic carbocycles. The van der Waals surface area contributed by atoms with Crippen molar-refractivity contribution in [2.24, 2.45) is 7.05 Å². The van der Waals surface area contributed by atoms with Crippen LogP contribution in [0.1, 0.15) is 52.6 Å². The zero-order valence-corrected chi connectivity index (χ0v) is 26.3. The fraction of sp³-hybridized carbons (Fsp3) is 0.118. The topological polar surface area (TPSA) is 182 Å². The third-order valence-electron chi connectivity index (χ3n) is 6.94. The van der Waals surface area contributed by atoms with Crippen molar-refractivity contribution < 1.29 is 55.7 Å². The van der Waals surface area contributed by atoms with E-state index in [2.05, 4.69) is 10.3 Å². The Bertz CT molecular complexity index is 2180. The standard InChI is InChI=1S/C17H11F3N2O3.C9H10N2O3.C8H5F3O/c1-22-14(9-4-2-5-10(8-9)17(18,19)20)21-13-11(15(22)23)6-3-7-12(13)16(24)25;1-11-8(12)5-3-2-4-6(7(5)10)9(13)14;9-8(10,11)7-3-1-2-6(4-7)5-12/h2-8H,1H3,(H,24,25);2-4H,10H2,1H3,(H,11,12)(H,13,14);1-5H. The molecule has 5 aromatic rings. The van der Waals surface area contributed by atoms with Crippen LogP contribution in [0.2, 0.25) is 0 Å². The van der Waals surface area contributed by atoms with E-state index in [1.807, 2.05) is 0 Å². The summed E-state index contributed by atoms with van der Waals surface area (Å²) in [4.78, 5) is 60.0. The third kappa shape index (κ3) is 9.34. The SMILES string of the molecule is CNC(=O)c1cccc(C(=O)O)c1N.Cn1c(-c2cccc(C(F)(F)F)c2)nc2c(C(=O)O)cccc2c1=O.O=Cc1cccc(C(F)(F)F)c1. The minimum Gasteiger partial charge on any atom is -0.478 e. The number of benzene rings is 4. The van der Waals surface area contributed by atoms with Gasteiger partial charge in [-0.25, -0.2) is 14.6 Å². The van der Waals surface area contributed by atoms with Gasteiger partial charge in [0.15, 0.2) is 0 Å². The van der Waals surface area contributed by atoms with Gasteiger partial charge in [0.1, 0.15) is 12.1 Å². The maximum absolute atomic E-state index is 12.9. The number of amides is 1. The number of nitrogen functional groups attached to an aromatic ring is 1. The number of aromatic carboxylic acids is 2. The minimum atomic E-state index is -4.54. The first-order valence-corrected chi connectivity index (χ1v) is 14.2. The lowest BCUT2D eigenvalue weighted by Gasteiger charge is -2.12. The summed E-state index contributed by atoms with van der Waals surface area (Å²) in [6, 6.07) is 17.1. The number of hydrogen-bond acceptors (Lipinski definition) is 7. The fourth-order valence-corrected chi connectivity index (χ4v) is 4.43. The first kappa shape index (κ1) is 38.9. The van der Waals surface area contributed by atoms with Gasteiger partial charge in [-0.05, 0) is 48.5 Å². The van der Waals surface area contributed by atoms with Gasteiger partial charge in [0.25, 0.3) is 11.5 Å². The van der Waals surface area contributed by atoms with Crippen molar-refractivity contribution in [2.75, 3.05) is 12.8 Å². The second kappa shape index (κ2) is 15.8. The van der Waals surface area contributed by atoms with Crippen LogP contribution in [-0.2, 0) is 19.4 Å². The lowest BCUT2D eigenvalue weighted by molar-refractivity contribution is -0.138. The summed E-state index contributed by atoms with van der Waals surface area (Å²) in [6.45, 7) is 0. The van der Waals surface area contributed by atoms with Crippen LogP contribution in [0.5, 0.6) is 0 Å². The van der Waals surface area contributed by atoms with E-state index in [0.717, 1.165) is 28.8 Å². The van der Waals surface area contributed by atoms with E-state index in [9.17, 15) is 55.4 Å². The summed E-state index contributed by atoms with van der Waals surface area (Å²) in [5.74, 6) is -2.86. The smallest absolute Gasteiger partial charge is 0.416 e. The largest absolute Gasteiger partial charge is 0.478 e. The predicted molar refractivity (Wildman–Crippen MR) is 172 cm³/mol. The van der Waals surface area contributed by atoms with Crippen LogP contribution in [0.3, 0.4) is 0 Å². The van der Waals surface area contributed by atoms with Crippen molar-refractivity contribution in [1.82, 2.24) is 14.9 Å². The van der Waals surface area contributed by atoms with Gasteiger partial charge < -0.3 is 21.3 Å². The average molecular weight is 717 g/mol. The molecule has 0 aliphatic heterocycles.